The van der Waals surface area contributed by atoms with Crippen LogP contribution in [0, 0.1) is 5.82 Å². The van der Waals surface area contributed by atoms with Crippen molar-refractivity contribution in [2.45, 2.75) is 6.04 Å². The third-order valence-corrected chi connectivity index (χ3v) is 4.14. The Labute approximate surface area is 110 Å². The lowest BCUT2D eigenvalue weighted by Gasteiger charge is -2.11. The van der Waals surface area contributed by atoms with Crippen LogP contribution in [0.4, 0.5) is 4.39 Å². The second-order valence-electron chi connectivity index (χ2n) is 3.26. The summed E-state index contributed by atoms with van der Waals surface area (Å²) in [4.78, 5) is 0.849. The number of nitrogens with two attached hydrogens (primary N) is 1. The predicted octanol–water partition coefficient (Wildman–Crippen LogP) is 4.35. The molecule has 2 aromatic rings. The fraction of sp³-hybridized carbons (Fsp3) is 0.0909. The fourth-order valence-corrected chi connectivity index (χ4v) is 2.87. The number of hydrogen-bond acceptors (Lipinski definition) is 2. The topological polar surface area (TPSA) is 26.0 Å². The van der Waals surface area contributed by atoms with Gasteiger partial charge in [0.05, 0.1) is 14.9 Å². The minimum atomic E-state index is -0.477. The minimum absolute atomic E-state index is 0.320. The molecule has 1 nitrogen and oxygen atoms in total. The summed E-state index contributed by atoms with van der Waals surface area (Å²) in [7, 11) is 0. The van der Waals surface area contributed by atoms with Crippen molar-refractivity contribution < 1.29 is 4.39 Å². The number of benzene rings is 1. The summed E-state index contributed by atoms with van der Waals surface area (Å²) in [5, 5.41) is 0. The standard InChI is InChI=1S/C11H8BrClFNS/c12-7-3-1-2-6(10(7)14)11(15)8-4-5-9(13)16-8/h1-5,11H,15H2. The maximum Gasteiger partial charge on any atom is 0.142 e. The molecular weight excluding hydrogens is 313 g/mol. The first-order chi connectivity index (χ1) is 7.59. The van der Waals surface area contributed by atoms with E-state index in [1.165, 1.54) is 11.3 Å². The van der Waals surface area contributed by atoms with Gasteiger partial charge in [-0.1, -0.05) is 23.7 Å². The molecule has 1 aromatic carbocycles. The molecule has 0 fully saturated rings. The quantitative estimate of drug-likeness (QED) is 0.874. The van der Waals surface area contributed by atoms with Crippen LogP contribution in [0.3, 0.4) is 0 Å². The average molecular weight is 321 g/mol. The van der Waals surface area contributed by atoms with E-state index in [0.29, 0.717) is 14.4 Å². The summed E-state index contributed by atoms with van der Waals surface area (Å²) in [6.07, 6.45) is 0. The van der Waals surface area contributed by atoms with E-state index in [9.17, 15) is 4.39 Å². The van der Waals surface area contributed by atoms with E-state index in [1.54, 1.807) is 24.3 Å². The third-order valence-electron chi connectivity index (χ3n) is 2.22. The highest BCUT2D eigenvalue weighted by Crippen LogP contribution is 2.32. The maximum absolute atomic E-state index is 13.8. The molecule has 0 saturated heterocycles. The van der Waals surface area contributed by atoms with E-state index >= 15 is 0 Å². The molecule has 0 saturated carbocycles. The SMILES string of the molecule is NC(c1ccc(Cl)s1)c1cccc(Br)c1F. The first-order valence-electron chi connectivity index (χ1n) is 4.54. The van der Waals surface area contributed by atoms with Crippen LogP contribution < -0.4 is 5.73 Å². The van der Waals surface area contributed by atoms with Crippen molar-refractivity contribution in [1.82, 2.24) is 0 Å². The van der Waals surface area contributed by atoms with Crippen molar-refractivity contribution in [3.05, 3.63) is 55.4 Å². The van der Waals surface area contributed by atoms with Gasteiger partial charge < -0.3 is 5.73 Å². The van der Waals surface area contributed by atoms with Crippen molar-refractivity contribution in [3.8, 4) is 0 Å². The summed E-state index contributed by atoms with van der Waals surface area (Å²) < 4.78 is 14.9. The van der Waals surface area contributed by atoms with Crippen LogP contribution in [0.25, 0.3) is 0 Å². The molecule has 84 valence electrons. The van der Waals surface area contributed by atoms with E-state index < -0.39 is 6.04 Å². The van der Waals surface area contributed by atoms with Crippen LogP contribution in [-0.4, -0.2) is 0 Å². The highest BCUT2D eigenvalue weighted by molar-refractivity contribution is 9.10. The number of thiophene rings is 1. The van der Waals surface area contributed by atoms with Crippen LogP contribution in [0.5, 0.6) is 0 Å². The van der Waals surface area contributed by atoms with Crippen LogP contribution in [0.15, 0.2) is 34.8 Å². The van der Waals surface area contributed by atoms with Gasteiger partial charge in [-0.15, -0.1) is 11.3 Å². The van der Waals surface area contributed by atoms with Gasteiger partial charge >= 0.3 is 0 Å². The largest absolute Gasteiger partial charge is 0.320 e. The Balaban J connectivity index is 2.41. The zero-order chi connectivity index (χ0) is 11.7. The first-order valence-corrected chi connectivity index (χ1v) is 6.53. The molecule has 0 spiro atoms. The maximum atomic E-state index is 13.8. The van der Waals surface area contributed by atoms with Crippen molar-refractivity contribution in [1.29, 1.82) is 0 Å². The van der Waals surface area contributed by atoms with Crippen molar-refractivity contribution in [2.75, 3.05) is 0 Å². The van der Waals surface area contributed by atoms with E-state index in [2.05, 4.69) is 15.9 Å². The van der Waals surface area contributed by atoms with Gasteiger partial charge in [0.25, 0.3) is 0 Å². The van der Waals surface area contributed by atoms with E-state index in [1.807, 2.05) is 6.07 Å². The predicted molar refractivity (Wildman–Crippen MR) is 69.5 cm³/mol. The minimum Gasteiger partial charge on any atom is -0.320 e. The van der Waals surface area contributed by atoms with Gasteiger partial charge in [-0.2, -0.15) is 0 Å². The summed E-state index contributed by atoms with van der Waals surface area (Å²) in [5.41, 5.74) is 6.46. The Morgan fingerprint density at radius 2 is 2.06 bits per heavy atom. The second kappa shape index (κ2) is 4.84. The zero-order valence-electron chi connectivity index (χ0n) is 8.08. The molecule has 0 aliphatic rings. The molecular formula is C11H8BrClFNS. The fourth-order valence-electron chi connectivity index (χ4n) is 1.41. The average Bonchev–Trinajstić information content (AvgIpc) is 2.68. The lowest BCUT2D eigenvalue weighted by atomic mass is 10.1. The van der Waals surface area contributed by atoms with Crippen molar-refractivity contribution in [2.24, 2.45) is 5.73 Å². The molecule has 2 rings (SSSR count). The Kier molecular flexibility index (Phi) is 3.64. The van der Waals surface area contributed by atoms with Crippen molar-refractivity contribution in [3.63, 3.8) is 0 Å². The van der Waals surface area contributed by atoms with Gasteiger partial charge in [-0.3, -0.25) is 0 Å². The van der Waals surface area contributed by atoms with Gasteiger partial charge in [-0.25, -0.2) is 4.39 Å². The number of hydrogen-bond donors (Lipinski definition) is 1. The molecule has 0 bridgehead atoms. The third kappa shape index (κ3) is 2.30. The van der Waals surface area contributed by atoms with Gasteiger partial charge in [0.15, 0.2) is 0 Å². The van der Waals surface area contributed by atoms with Crippen LogP contribution in [0.1, 0.15) is 16.5 Å². The van der Waals surface area contributed by atoms with Gasteiger partial charge in [-0.05, 0) is 34.1 Å². The Morgan fingerprint density at radius 3 is 2.69 bits per heavy atom. The molecule has 1 aromatic heterocycles. The highest BCUT2D eigenvalue weighted by atomic mass is 79.9. The van der Waals surface area contributed by atoms with Crippen LogP contribution in [0.2, 0.25) is 4.34 Å². The van der Waals surface area contributed by atoms with Crippen molar-refractivity contribution >= 4 is 38.9 Å². The molecule has 2 N–H and O–H groups in total. The van der Waals surface area contributed by atoms with E-state index in [4.69, 9.17) is 17.3 Å². The molecule has 1 heterocycles. The monoisotopic (exact) mass is 319 g/mol. The summed E-state index contributed by atoms with van der Waals surface area (Å²) in [5.74, 6) is -0.320. The van der Waals surface area contributed by atoms with E-state index in [0.717, 1.165) is 4.88 Å². The molecule has 0 aliphatic heterocycles. The van der Waals surface area contributed by atoms with Gasteiger partial charge in [0.1, 0.15) is 5.82 Å². The molecule has 5 heteroatoms. The number of rotatable bonds is 2. The molecule has 1 atom stereocenters. The molecule has 1 unspecified atom stereocenters. The van der Waals surface area contributed by atoms with E-state index in [-0.39, 0.29) is 5.82 Å². The summed E-state index contributed by atoms with van der Waals surface area (Å²) in [6, 6.07) is 8.19. The highest BCUT2D eigenvalue weighted by Gasteiger charge is 2.16. The lowest BCUT2D eigenvalue weighted by Crippen LogP contribution is -2.12. The Bertz CT molecular complexity index is 514. The summed E-state index contributed by atoms with van der Waals surface area (Å²) in [6.45, 7) is 0. The van der Waals surface area contributed by atoms with Gasteiger partial charge in [0.2, 0.25) is 0 Å². The van der Waals surface area contributed by atoms with Crippen LogP contribution in [-0.2, 0) is 0 Å². The normalized spacial score (nSPS) is 12.8. The molecule has 0 aliphatic carbocycles. The Morgan fingerprint density at radius 1 is 1.31 bits per heavy atom. The smallest absolute Gasteiger partial charge is 0.142 e. The zero-order valence-corrected chi connectivity index (χ0v) is 11.2. The molecule has 16 heavy (non-hydrogen) atoms. The second-order valence-corrected chi connectivity index (χ2v) is 5.86. The van der Waals surface area contributed by atoms with Crippen LogP contribution >= 0.6 is 38.9 Å². The Hall–Kier alpha value is -0.420. The molecule has 0 amide bonds. The first kappa shape index (κ1) is 12.0. The summed E-state index contributed by atoms with van der Waals surface area (Å²) >= 11 is 10.3. The number of halogens is 3. The molecule has 0 radical (unpaired) electrons. The van der Waals surface area contributed by atoms with Gasteiger partial charge in [0, 0.05) is 10.4 Å². The lowest BCUT2D eigenvalue weighted by molar-refractivity contribution is 0.594.